The maximum Gasteiger partial charge on any atom is 0.242 e. The smallest absolute Gasteiger partial charge is 0.242 e. The third-order valence-electron chi connectivity index (χ3n) is 2.28. The van der Waals surface area contributed by atoms with Crippen molar-refractivity contribution in [2.24, 2.45) is 0 Å². The maximum absolute atomic E-state index is 5.98. The first-order chi connectivity index (χ1) is 7.43. The molecule has 0 atom stereocenters. The molecule has 0 radical (unpaired) electrons. The van der Waals surface area contributed by atoms with Crippen LogP contribution in [0, 0.1) is 0 Å². The van der Waals surface area contributed by atoms with Crippen molar-refractivity contribution < 1.29 is 4.74 Å². The predicted molar refractivity (Wildman–Crippen MR) is 65.7 cm³/mol. The van der Waals surface area contributed by atoms with E-state index in [0.717, 1.165) is 0 Å². The van der Waals surface area contributed by atoms with E-state index in [4.69, 9.17) is 10.5 Å². The third-order valence-corrected chi connectivity index (χ3v) is 2.28. The highest BCUT2D eigenvalue weighted by Gasteiger charge is 2.15. The standard InChI is InChI=1S/C11H20N4O/c1-7(2)15(5)10-9(12)11(14-6-13-10)16-8(3)4/h6-8H,12H2,1-5H3. The Labute approximate surface area is 96.6 Å². The third kappa shape index (κ3) is 2.74. The Morgan fingerprint density at radius 3 is 2.38 bits per heavy atom. The highest BCUT2D eigenvalue weighted by Crippen LogP contribution is 2.28. The lowest BCUT2D eigenvalue weighted by atomic mass is 10.3. The molecule has 0 saturated heterocycles. The van der Waals surface area contributed by atoms with E-state index in [1.807, 2.05) is 25.8 Å². The van der Waals surface area contributed by atoms with Gasteiger partial charge in [0, 0.05) is 13.1 Å². The lowest BCUT2D eigenvalue weighted by Gasteiger charge is -2.24. The van der Waals surface area contributed by atoms with Gasteiger partial charge in [-0.3, -0.25) is 0 Å². The van der Waals surface area contributed by atoms with E-state index in [0.29, 0.717) is 23.4 Å². The van der Waals surface area contributed by atoms with Gasteiger partial charge in [-0.05, 0) is 27.7 Å². The van der Waals surface area contributed by atoms with Crippen LogP contribution in [-0.2, 0) is 0 Å². The van der Waals surface area contributed by atoms with Gasteiger partial charge < -0.3 is 15.4 Å². The number of ether oxygens (including phenoxy) is 1. The van der Waals surface area contributed by atoms with Crippen molar-refractivity contribution in [3.63, 3.8) is 0 Å². The molecule has 1 heterocycles. The van der Waals surface area contributed by atoms with Crippen molar-refractivity contribution in [1.29, 1.82) is 0 Å². The quantitative estimate of drug-likeness (QED) is 0.843. The molecule has 90 valence electrons. The molecule has 1 rings (SSSR count). The summed E-state index contributed by atoms with van der Waals surface area (Å²) in [6.07, 6.45) is 1.52. The number of hydrogen-bond acceptors (Lipinski definition) is 5. The van der Waals surface area contributed by atoms with E-state index < -0.39 is 0 Å². The van der Waals surface area contributed by atoms with E-state index in [2.05, 4.69) is 23.8 Å². The number of nitrogen functional groups attached to an aromatic ring is 1. The summed E-state index contributed by atoms with van der Waals surface area (Å²) >= 11 is 0. The maximum atomic E-state index is 5.98. The molecular weight excluding hydrogens is 204 g/mol. The average Bonchev–Trinajstić information content (AvgIpc) is 2.19. The van der Waals surface area contributed by atoms with Crippen LogP contribution in [-0.4, -0.2) is 29.2 Å². The molecule has 2 N–H and O–H groups in total. The second-order valence-electron chi connectivity index (χ2n) is 4.29. The Bertz CT molecular complexity index is 352. The first-order valence-electron chi connectivity index (χ1n) is 5.43. The molecule has 5 nitrogen and oxygen atoms in total. The molecule has 0 aliphatic carbocycles. The van der Waals surface area contributed by atoms with Crippen LogP contribution in [0.15, 0.2) is 6.33 Å². The van der Waals surface area contributed by atoms with Crippen molar-refractivity contribution in [1.82, 2.24) is 9.97 Å². The zero-order valence-corrected chi connectivity index (χ0v) is 10.6. The van der Waals surface area contributed by atoms with Gasteiger partial charge in [0.2, 0.25) is 5.88 Å². The van der Waals surface area contributed by atoms with Crippen LogP contribution in [0.5, 0.6) is 5.88 Å². The first kappa shape index (κ1) is 12.5. The van der Waals surface area contributed by atoms with Crippen LogP contribution in [0.3, 0.4) is 0 Å². The van der Waals surface area contributed by atoms with Gasteiger partial charge in [0.15, 0.2) is 5.82 Å². The van der Waals surface area contributed by atoms with Gasteiger partial charge in [-0.2, -0.15) is 4.98 Å². The SMILES string of the molecule is CC(C)Oc1ncnc(N(C)C(C)C)c1N. The Morgan fingerprint density at radius 2 is 1.88 bits per heavy atom. The van der Waals surface area contributed by atoms with E-state index in [9.17, 15) is 0 Å². The minimum absolute atomic E-state index is 0.0504. The van der Waals surface area contributed by atoms with Crippen molar-refractivity contribution in [3.05, 3.63) is 6.33 Å². The fourth-order valence-electron chi connectivity index (χ4n) is 1.21. The Hall–Kier alpha value is -1.52. The van der Waals surface area contributed by atoms with Crippen molar-refractivity contribution in [3.8, 4) is 5.88 Å². The molecule has 16 heavy (non-hydrogen) atoms. The molecule has 0 amide bonds. The van der Waals surface area contributed by atoms with Gasteiger partial charge in [-0.25, -0.2) is 4.98 Å². The summed E-state index contributed by atoms with van der Waals surface area (Å²) in [7, 11) is 1.95. The highest BCUT2D eigenvalue weighted by molar-refractivity contribution is 5.67. The first-order valence-corrected chi connectivity index (χ1v) is 5.43. The molecule has 0 spiro atoms. The summed E-state index contributed by atoms with van der Waals surface area (Å²) in [5.74, 6) is 1.16. The molecule has 1 aromatic heterocycles. The molecule has 0 bridgehead atoms. The minimum Gasteiger partial charge on any atom is -0.473 e. The largest absolute Gasteiger partial charge is 0.473 e. The monoisotopic (exact) mass is 224 g/mol. The van der Waals surface area contributed by atoms with E-state index in [1.165, 1.54) is 6.33 Å². The lowest BCUT2D eigenvalue weighted by Crippen LogP contribution is -2.28. The molecule has 5 heteroatoms. The van der Waals surface area contributed by atoms with Crippen LogP contribution in [0.1, 0.15) is 27.7 Å². The molecular formula is C11H20N4O. The van der Waals surface area contributed by atoms with Crippen LogP contribution in [0.2, 0.25) is 0 Å². The van der Waals surface area contributed by atoms with Crippen LogP contribution < -0.4 is 15.4 Å². The van der Waals surface area contributed by atoms with Gasteiger partial charge in [0.05, 0.1) is 6.10 Å². The fraction of sp³-hybridized carbons (Fsp3) is 0.636. The summed E-state index contributed by atoms with van der Waals surface area (Å²) in [6, 6.07) is 0.323. The number of nitrogens with zero attached hydrogens (tertiary/aromatic N) is 3. The van der Waals surface area contributed by atoms with Gasteiger partial charge in [-0.15, -0.1) is 0 Å². The van der Waals surface area contributed by atoms with E-state index in [1.54, 1.807) is 0 Å². The Kier molecular flexibility index (Phi) is 3.93. The van der Waals surface area contributed by atoms with E-state index >= 15 is 0 Å². The Balaban J connectivity index is 3.03. The zero-order chi connectivity index (χ0) is 12.3. The summed E-state index contributed by atoms with van der Waals surface area (Å²) in [5.41, 5.74) is 6.47. The van der Waals surface area contributed by atoms with Crippen LogP contribution in [0.4, 0.5) is 11.5 Å². The fourth-order valence-corrected chi connectivity index (χ4v) is 1.21. The van der Waals surface area contributed by atoms with Crippen molar-refractivity contribution >= 4 is 11.5 Å². The number of aromatic nitrogens is 2. The molecule has 0 aromatic carbocycles. The number of hydrogen-bond donors (Lipinski definition) is 1. The minimum atomic E-state index is 0.0504. The topological polar surface area (TPSA) is 64.3 Å². The molecule has 0 fully saturated rings. The molecule has 1 aromatic rings. The van der Waals surface area contributed by atoms with Gasteiger partial charge >= 0.3 is 0 Å². The summed E-state index contributed by atoms with van der Waals surface area (Å²) in [4.78, 5) is 10.2. The highest BCUT2D eigenvalue weighted by atomic mass is 16.5. The van der Waals surface area contributed by atoms with E-state index in [-0.39, 0.29) is 6.10 Å². The second-order valence-corrected chi connectivity index (χ2v) is 4.29. The van der Waals surface area contributed by atoms with Gasteiger partial charge in [-0.1, -0.05) is 0 Å². The van der Waals surface area contributed by atoms with Crippen LogP contribution in [0.25, 0.3) is 0 Å². The molecule has 0 saturated carbocycles. The van der Waals surface area contributed by atoms with Crippen molar-refractivity contribution in [2.75, 3.05) is 17.7 Å². The lowest BCUT2D eigenvalue weighted by molar-refractivity contribution is 0.234. The van der Waals surface area contributed by atoms with Crippen LogP contribution >= 0.6 is 0 Å². The summed E-state index contributed by atoms with van der Waals surface area (Å²) in [6.45, 7) is 8.02. The zero-order valence-electron chi connectivity index (χ0n) is 10.6. The normalized spacial score (nSPS) is 10.9. The van der Waals surface area contributed by atoms with Gasteiger partial charge in [0.25, 0.3) is 0 Å². The van der Waals surface area contributed by atoms with Crippen molar-refractivity contribution in [2.45, 2.75) is 39.8 Å². The summed E-state index contributed by atoms with van der Waals surface area (Å²) < 4.78 is 5.51. The van der Waals surface area contributed by atoms with Gasteiger partial charge in [0.1, 0.15) is 12.0 Å². The second kappa shape index (κ2) is 5.01. The number of rotatable bonds is 4. The number of nitrogens with two attached hydrogens (primary N) is 1. The molecule has 0 aliphatic rings. The molecule has 0 aliphatic heterocycles. The average molecular weight is 224 g/mol. The summed E-state index contributed by atoms with van der Waals surface area (Å²) in [5, 5.41) is 0. The predicted octanol–water partition coefficient (Wildman–Crippen LogP) is 1.69. The molecule has 0 unspecified atom stereocenters. The Morgan fingerprint density at radius 1 is 1.25 bits per heavy atom. The number of anilines is 2.